The fraction of sp³-hybridized carbons (Fsp3) is 0.280. The largest absolute Gasteiger partial charge is 0.454 e. The molecule has 4 rings (SSSR count). The summed E-state index contributed by atoms with van der Waals surface area (Å²) < 4.78 is 12.5. The van der Waals surface area contributed by atoms with E-state index in [1.165, 1.54) is 0 Å². The summed E-state index contributed by atoms with van der Waals surface area (Å²) in [5.74, 6) is 1.01. The summed E-state index contributed by atoms with van der Waals surface area (Å²) in [6, 6.07) is 17.2. The molecule has 0 atom stereocenters. The molecule has 0 unspecified atom stereocenters. The van der Waals surface area contributed by atoms with Gasteiger partial charge in [-0.3, -0.25) is 9.59 Å². The molecule has 0 fully saturated rings. The highest BCUT2D eigenvalue weighted by atomic mass is 16.7. The van der Waals surface area contributed by atoms with Crippen molar-refractivity contribution in [3.8, 4) is 22.6 Å². The van der Waals surface area contributed by atoms with Gasteiger partial charge in [0.15, 0.2) is 11.5 Å². The van der Waals surface area contributed by atoms with Crippen LogP contribution in [0.1, 0.15) is 35.7 Å². The Kier molecular flexibility index (Phi) is 6.36. The predicted molar refractivity (Wildman–Crippen MR) is 120 cm³/mol. The van der Waals surface area contributed by atoms with Gasteiger partial charge >= 0.3 is 0 Å². The molecule has 1 aromatic heterocycles. The molecule has 1 N–H and O–H groups in total. The zero-order chi connectivity index (χ0) is 21.6. The second kappa shape index (κ2) is 9.51. The van der Waals surface area contributed by atoms with Crippen molar-refractivity contribution in [1.29, 1.82) is 0 Å². The zero-order valence-electron chi connectivity index (χ0n) is 17.6. The monoisotopic (exact) mass is 418 g/mol. The Morgan fingerprint density at radius 2 is 1.84 bits per heavy atom. The van der Waals surface area contributed by atoms with E-state index in [4.69, 9.17) is 9.47 Å². The maximum atomic E-state index is 13.0. The summed E-state index contributed by atoms with van der Waals surface area (Å²) in [5.41, 5.74) is 2.68. The lowest BCUT2D eigenvalue weighted by molar-refractivity contribution is 0.0952. The van der Waals surface area contributed by atoms with Gasteiger partial charge in [-0.1, -0.05) is 49.7 Å². The molecule has 6 heteroatoms. The number of ether oxygens (including phenoxy) is 2. The summed E-state index contributed by atoms with van der Waals surface area (Å²) in [4.78, 5) is 25.9. The van der Waals surface area contributed by atoms with Crippen LogP contribution in [0.25, 0.3) is 11.1 Å². The summed E-state index contributed by atoms with van der Waals surface area (Å²) in [6.07, 6.45) is 4.34. The van der Waals surface area contributed by atoms with Gasteiger partial charge in [0, 0.05) is 19.3 Å². The molecule has 0 saturated heterocycles. The number of amides is 1. The van der Waals surface area contributed by atoms with Crippen LogP contribution in [0.3, 0.4) is 0 Å². The number of aryl methyl sites for hydroxylation is 1. The van der Waals surface area contributed by atoms with Crippen molar-refractivity contribution in [2.75, 3.05) is 13.3 Å². The standard InChI is InChI=1S/C25H26N2O4/c1-2-3-13-27-16-20(19-9-10-22-23(15-19)31-17-30-22)14-21(25(27)29)24(28)26-12-11-18-7-5-4-6-8-18/h4-10,14-16H,2-3,11-13,17H2,1H3,(H,26,28). The van der Waals surface area contributed by atoms with Crippen molar-refractivity contribution in [1.82, 2.24) is 9.88 Å². The number of nitrogens with zero attached hydrogens (tertiary/aromatic N) is 1. The van der Waals surface area contributed by atoms with Crippen molar-refractivity contribution >= 4 is 5.91 Å². The van der Waals surface area contributed by atoms with E-state index in [0.717, 1.165) is 29.5 Å². The molecule has 6 nitrogen and oxygen atoms in total. The predicted octanol–water partition coefficient (Wildman–Crippen LogP) is 4.02. The van der Waals surface area contributed by atoms with Crippen molar-refractivity contribution in [3.05, 3.63) is 82.3 Å². The molecule has 1 aliphatic heterocycles. The van der Waals surface area contributed by atoms with Gasteiger partial charge in [0.2, 0.25) is 6.79 Å². The lowest BCUT2D eigenvalue weighted by Crippen LogP contribution is -2.34. The third-order valence-electron chi connectivity index (χ3n) is 5.33. The fourth-order valence-electron chi connectivity index (χ4n) is 3.59. The molecule has 0 saturated carbocycles. The number of carbonyl (C=O) groups is 1. The smallest absolute Gasteiger partial charge is 0.263 e. The maximum absolute atomic E-state index is 13.0. The van der Waals surface area contributed by atoms with Crippen molar-refractivity contribution < 1.29 is 14.3 Å². The van der Waals surface area contributed by atoms with Gasteiger partial charge in [0.1, 0.15) is 5.56 Å². The van der Waals surface area contributed by atoms with Crippen LogP contribution in [0, 0.1) is 0 Å². The third-order valence-corrected chi connectivity index (χ3v) is 5.33. The van der Waals surface area contributed by atoms with Crippen LogP contribution < -0.4 is 20.3 Å². The van der Waals surface area contributed by atoms with Crippen LogP contribution in [0.4, 0.5) is 0 Å². The van der Waals surface area contributed by atoms with Crippen molar-refractivity contribution in [2.24, 2.45) is 0 Å². The minimum absolute atomic E-state index is 0.152. The number of hydrogen-bond donors (Lipinski definition) is 1. The van der Waals surface area contributed by atoms with Crippen LogP contribution in [0.5, 0.6) is 11.5 Å². The normalized spacial score (nSPS) is 12.0. The first-order valence-electron chi connectivity index (χ1n) is 10.6. The van der Waals surface area contributed by atoms with Gasteiger partial charge in [0.25, 0.3) is 11.5 Å². The van der Waals surface area contributed by atoms with E-state index in [1.54, 1.807) is 10.6 Å². The minimum Gasteiger partial charge on any atom is -0.454 e. The average Bonchev–Trinajstić information content (AvgIpc) is 3.27. The number of rotatable bonds is 8. The molecule has 1 amide bonds. The van der Waals surface area contributed by atoms with Crippen LogP contribution in [0.2, 0.25) is 0 Å². The summed E-state index contributed by atoms with van der Waals surface area (Å²) in [7, 11) is 0. The maximum Gasteiger partial charge on any atom is 0.263 e. The molecule has 160 valence electrons. The Hall–Kier alpha value is -3.54. The van der Waals surface area contributed by atoms with Crippen LogP contribution in [-0.2, 0) is 13.0 Å². The number of fused-ring (bicyclic) bond motifs is 1. The molecular weight excluding hydrogens is 392 g/mol. The first-order chi connectivity index (χ1) is 15.2. The van der Waals surface area contributed by atoms with Crippen LogP contribution >= 0.6 is 0 Å². The van der Waals surface area contributed by atoms with E-state index >= 15 is 0 Å². The zero-order valence-corrected chi connectivity index (χ0v) is 17.6. The Labute approximate surface area is 181 Å². The lowest BCUT2D eigenvalue weighted by atomic mass is 10.0. The highest BCUT2D eigenvalue weighted by Crippen LogP contribution is 2.35. The van der Waals surface area contributed by atoms with E-state index < -0.39 is 0 Å². The number of benzene rings is 2. The second-order valence-corrected chi connectivity index (χ2v) is 7.55. The molecule has 0 bridgehead atoms. The molecule has 0 spiro atoms. The third kappa shape index (κ3) is 4.79. The van der Waals surface area contributed by atoms with Gasteiger partial charge < -0.3 is 19.4 Å². The van der Waals surface area contributed by atoms with E-state index in [-0.39, 0.29) is 23.8 Å². The van der Waals surface area contributed by atoms with E-state index in [1.807, 2.05) is 54.7 Å². The first kappa shape index (κ1) is 20.7. The Morgan fingerprint density at radius 1 is 1.03 bits per heavy atom. The quantitative estimate of drug-likeness (QED) is 0.600. The van der Waals surface area contributed by atoms with Gasteiger partial charge in [-0.15, -0.1) is 0 Å². The Morgan fingerprint density at radius 3 is 2.65 bits per heavy atom. The Balaban J connectivity index is 1.60. The molecule has 3 aromatic rings. The summed E-state index contributed by atoms with van der Waals surface area (Å²) in [5, 5.41) is 2.89. The van der Waals surface area contributed by atoms with Gasteiger partial charge in [-0.05, 0) is 47.7 Å². The number of nitrogens with one attached hydrogen (secondary N) is 1. The molecule has 2 heterocycles. The molecule has 31 heavy (non-hydrogen) atoms. The summed E-state index contributed by atoms with van der Waals surface area (Å²) in [6.45, 7) is 3.30. The highest BCUT2D eigenvalue weighted by Gasteiger charge is 2.18. The molecule has 1 aliphatic rings. The first-order valence-corrected chi connectivity index (χ1v) is 10.6. The minimum atomic E-state index is -0.353. The number of hydrogen-bond acceptors (Lipinski definition) is 4. The number of carbonyl (C=O) groups excluding carboxylic acids is 1. The molecular formula is C25H26N2O4. The fourth-order valence-corrected chi connectivity index (χ4v) is 3.59. The van der Waals surface area contributed by atoms with Crippen LogP contribution in [0.15, 0.2) is 65.6 Å². The van der Waals surface area contributed by atoms with Crippen LogP contribution in [-0.4, -0.2) is 23.8 Å². The topological polar surface area (TPSA) is 69.6 Å². The van der Waals surface area contributed by atoms with Gasteiger partial charge in [-0.25, -0.2) is 0 Å². The van der Waals surface area contributed by atoms with E-state index in [0.29, 0.717) is 31.0 Å². The SMILES string of the molecule is CCCCn1cc(-c2ccc3c(c2)OCO3)cc(C(=O)NCCc2ccccc2)c1=O. The molecule has 2 aromatic carbocycles. The molecule has 0 aliphatic carbocycles. The van der Waals surface area contributed by atoms with Crippen molar-refractivity contribution in [3.63, 3.8) is 0 Å². The van der Waals surface area contributed by atoms with E-state index in [2.05, 4.69) is 12.2 Å². The molecule has 0 radical (unpaired) electrons. The van der Waals surface area contributed by atoms with Crippen molar-refractivity contribution in [2.45, 2.75) is 32.7 Å². The number of pyridine rings is 1. The average molecular weight is 418 g/mol. The van der Waals surface area contributed by atoms with Gasteiger partial charge in [-0.2, -0.15) is 0 Å². The number of unbranched alkanes of at least 4 members (excludes halogenated alkanes) is 1. The number of aromatic nitrogens is 1. The highest BCUT2D eigenvalue weighted by molar-refractivity contribution is 5.95. The summed E-state index contributed by atoms with van der Waals surface area (Å²) >= 11 is 0. The Bertz CT molecular complexity index is 1120. The lowest BCUT2D eigenvalue weighted by Gasteiger charge is -2.13. The van der Waals surface area contributed by atoms with E-state index in [9.17, 15) is 9.59 Å². The van der Waals surface area contributed by atoms with Gasteiger partial charge in [0.05, 0.1) is 0 Å². The second-order valence-electron chi connectivity index (χ2n) is 7.55.